The molecular weight excluding hydrogens is 258 g/mol. The Bertz CT molecular complexity index is 506. The predicted octanol–water partition coefficient (Wildman–Crippen LogP) is 1.87. The van der Waals surface area contributed by atoms with Crippen molar-refractivity contribution in [2.24, 2.45) is 0 Å². The molecule has 96 valence electrons. The average molecular weight is 275 g/mol. The Balaban J connectivity index is 2.35. The first-order chi connectivity index (χ1) is 7.96. The van der Waals surface area contributed by atoms with Crippen molar-refractivity contribution in [3.05, 3.63) is 0 Å². The lowest BCUT2D eigenvalue weighted by atomic mass is 10.3. The topological polar surface area (TPSA) is 85.1 Å². The highest BCUT2D eigenvalue weighted by Gasteiger charge is 2.40. The molecule has 1 heterocycles. The van der Waals surface area contributed by atoms with E-state index >= 15 is 0 Å². The lowest BCUT2D eigenvalue weighted by Gasteiger charge is -2.12. The van der Waals surface area contributed by atoms with Gasteiger partial charge in [-0.05, 0) is 37.7 Å². The first-order valence-electron chi connectivity index (χ1n) is 5.72. The van der Waals surface area contributed by atoms with Gasteiger partial charge in [-0.2, -0.15) is 4.37 Å². The van der Waals surface area contributed by atoms with Crippen molar-refractivity contribution in [1.82, 2.24) is 4.37 Å². The van der Waals surface area contributed by atoms with Crippen LogP contribution in [0.25, 0.3) is 0 Å². The number of sulfone groups is 1. The number of anilines is 2. The Kier molecular flexibility index (Phi) is 3.31. The van der Waals surface area contributed by atoms with Gasteiger partial charge in [0.15, 0.2) is 15.7 Å². The third kappa shape index (κ3) is 2.40. The van der Waals surface area contributed by atoms with Crippen LogP contribution in [0.1, 0.15) is 33.1 Å². The van der Waals surface area contributed by atoms with Crippen molar-refractivity contribution in [3.8, 4) is 0 Å². The molecular formula is C10H17N3O2S2. The van der Waals surface area contributed by atoms with Crippen molar-refractivity contribution in [3.63, 3.8) is 0 Å². The highest BCUT2D eigenvalue weighted by Crippen LogP contribution is 2.41. The minimum Gasteiger partial charge on any atom is -0.382 e. The molecule has 1 aromatic rings. The van der Waals surface area contributed by atoms with E-state index < -0.39 is 9.84 Å². The first-order valence-corrected chi connectivity index (χ1v) is 8.04. The highest BCUT2D eigenvalue weighted by molar-refractivity contribution is 7.92. The lowest BCUT2D eigenvalue weighted by molar-refractivity contribution is 0.595. The maximum absolute atomic E-state index is 12.2. The SMILES string of the molecule is CCC(C)Nc1snc(N)c1S(=O)(=O)C1CC1. The van der Waals surface area contributed by atoms with Gasteiger partial charge in [0.2, 0.25) is 0 Å². The molecule has 0 aromatic carbocycles. The number of nitrogens with two attached hydrogens (primary N) is 1. The molecule has 1 atom stereocenters. The zero-order valence-electron chi connectivity index (χ0n) is 9.93. The van der Waals surface area contributed by atoms with Crippen LogP contribution in [0.2, 0.25) is 0 Å². The van der Waals surface area contributed by atoms with E-state index in [0.29, 0.717) is 5.00 Å². The number of nitrogen functional groups attached to an aromatic ring is 1. The quantitative estimate of drug-likeness (QED) is 0.857. The summed E-state index contributed by atoms with van der Waals surface area (Å²) in [4.78, 5) is 0.213. The van der Waals surface area contributed by atoms with Gasteiger partial charge in [-0.3, -0.25) is 0 Å². The van der Waals surface area contributed by atoms with E-state index in [2.05, 4.69) is 9.69 Å². The molecule has 2 rings (SSSR count). The van der Waals surface area contributed by atoms with E-state index in [9.17, 15) is 8.42 Å². The highest BCUT2D eigenvalue weighted by atomic mass is 32.2. The minimum absolute atomic E-state index is 0.132. The van der Waals surface area contributed by atoms with Crippen molar-refractivity contribution < 1.29 is 8.42 Å². The molecule has 0 radical (unpaired) electrons. The molecule has 1 aromatic heterocycles. The molecule has 17 heavy (non-hydrogen) atoms. The molecule has 0 bridgehead atoms. The molecule has 0 amide bonds. The second-order valence-electron chi connectivity index (χ2n) is 4.42. The van der Waals surface area contributed by atoms with Gasteiger partial charge < -0.3 is 11.1 Å². The van der Waals surface area contributed by atoms with Gasteiger partial charge in [0, 0.05) is 6.04 Å². The number of aromatic nitrogens is 1. The molecule has 1 saturated carbocycles. The molecule has 5 nitrogen and oxygen atoms in total. The van der Waals surface area contributed by atoms with E-state index in [1.165, 1.54) is 0 Å². The zero-order valence-corrected chi connectivity index (χ0v) is 11.6. The molecule has 0 saturated heterocycles. The van der Waals surface area contributed by atoms with Crippen molar-refractivity contribution in [2.45, 2.75) is 49.3 Å². The Morgan fingerprint density at radius 3 is 2.76 bits per heavy atom. The van der Waals surface area contributed by atoms with Crippen LogP contribution in [0.4, 0.5) is 10.8 Å². The number of hydrogen-bond acceptors (Lipinski definition) is 6. The average Bonchev–Trinajstić information content (AvgIpc) is 3.05. The maximum Gasteiger partial charge on any atom is 0.187 e. The van der Waals surface area contributed by atoms with Crippen LogP contribution in [0.5, 0.6) is 0 Å². The summed E-state index contributed by atoms with van der Waals surface area (Å²) in [6.07, 6.45) is 2.39. The summed E-state index contributed by atoms with van der Waals surface area (Å²) in [6.45, 7) is 4.04. The number of nitrogens with one attached hydrogen (secondary N) is 1. The Labute approximate surface area is 105 Å². The molecule has 1 fully saturated rings. The van der Waals surface area contributed by atoms with Crippen LogP contribution in [0.15, 0.2) is 4.90 Å². The summed E-state index contributed by atoms with van der Waals surface area (Å²) in [5.41, 5.74) is 5.69. The molecule has 3 N–H and O–H groups in total. The van der Waals surface area contributed by atoms with Crippen LogP contribution in [0, 0.1) is 0 Å². The van der Waals surface area contributed by atoms with Crippen LogP contribution < -0.4 is 11.1 Å². The fraction of sp³-hybridized carbons (Fsp3) is 0.700. The first kappa shape index (κ1) is 12.6. The lowest BCUT2D eigenvalue weighted by Crippen LogP contribution is -2.16. The molecule has 7 heteroatoms. The van der Waals surface area contributed by atoms with Crippen molar-refractivity contribution >= 4 is 32.2 Å². The summed E-state index contributed by atoms with van der Waals surface area (Å²) in [5, 5.41) is 3.50. The minimum atomic E-state index is -3.28. The summed E-state index contributed by atoms with van der Waals surface area (Å²) in [7, 11) is -3.28. The summed E-state index contributed by atoms with van der Waals surface area (Å²) < 4.78 is 28.4. The van der Waals surface area contributed by atoms with E-state index in [4.69, 9.17) is 5.73 Å². The fourth-order valence-electron chi connectivity index (χ4n) is 1.53. The van der Waals surface area contributed by atoms with E-state index in [1.54, 1.807) is 0 Å². The summed E-state index contributed by atoms with van der Waals surface area (Å²) in [5.74, 6) is 0.132. The smallest absolute Gasteiger partial charge is 0.187 e. The second-order valence-corrected chi connectivity index (χ2v) is 7.36. The number of hydrogen-bond donors (Lipinski definition) is 2. The normalized spacial score (nSPS) is 18.0. The van der Waals surface area contributed by atoms with Crippen LogP contribution in [-0.4, -0.2) is 24.1 Å². The van der Waals surface area contributed by atoms with Crippen LogP contribution in [0.3, 0.4) is 0 Å². The molecule has 0 spiro atoms. The number of nitrogens with zero attached hydrogens (tertiary/aromatic N) is 1. The molecule has 1 unspecified atom stereocenters. The van der Waals surface area contributed by atoms with Crippen molar-refractivity contribution in [1.29, 1.82) is 0 Å². The third-order valence-corrected chi connectivity index (χ3v) is 6.16. The van der Waals surface area contributed by atoms with Gasteiger partial charge in [0.05, 0.1) is 5.25 Å². The third-order valence-electron chi connectivity index (χ3n) is 2.91. The summed E-state index contributed by atoms with van der Waals surface area (Å²) in [6, 6.07) is 0.211. The van der Waals surface area contributed by atoms with E-state index in [0.717, 1.165) is 30.8 Å². The van der Waals surface area contributed by atoms with Gasteiger partial charge in [-0.1, -0.05) is 6.92 Å². The van der Waals surface area contributed by atoms with E-state index in [-0.39, 0.29) is 22.0 Å². The Hall–Kier alpha value is -0.820. The Morgan fingerprint density at radius 2 is 2.24 bits per heavy atom. The Morgan fingerprint density at radius 1 is 1.59 bits per heavy atom. The van der Waals surface area contributed by atoms with Gasteiger partial charge in [0.25, 0.3) is 0 Å². The predicted molar refractivity (Wildman–Crippen MR) is 70.1 cm³/mol. The fourth-order valence-corrected chi connectivity index (χ4v) is 4.52. The van der Waals surface area contributed by atoms with Gasteiger partial charge in [-0.15, -0.1) is 0 Å². The van der Waals surface area contributed by atoms with Gasteiger partial charge in [-0.25, -0.2) is 8.42 Å². The summed E-state index contributed by atoms with van der Waals surface area (Å²) >= 11 is 1.13. The largest absolute Gasteiger partial charge is 0.382 e. The second kappa shape index (κ2) is 4.45. The van der Waals surface area contributed by atoms with Crippen molar-refractivity contribution in [2.75, 3.05) is 11.1 Å². The number of rotatable bonds is 5. The van der Waals surface area contributed by atoms with Crippen LogP contribution in [-0.2, 0) is 9.84 Å². The molecule has 0 aliphatic heterocycles. The monoisotopic (exact) mass is 275 g/mol. The molecule has 1 aliphatic carbocycles. The molecule has 1 aliphatic rings. The maximum atomic E-state index is 12.2. The zero-order chi connectivity index (χ0) is 12.6. The van der Waals surface area contributed by atoms with E-state index in [1.807, 2.05) is 13.8 Å². The standard InChI is InChI=1S/C10H17N3O2S2/c1-3-6(2)12-10-8(9(11)13-16-10)17(14,15)7-4-5-7/h6-7,12H,3-5H2,1-2H3,(H2,11,13). The van der Waals surface area contributed by atoms with Crippen LogP contribution >= 0.6 is 11.5 Å². The van der Waals surface area contributed by atoms with Gasteiger partial charge in [0.1, 0.15) is 9.90 Å². The van der Waals surface area contributed by atoms with Gasteiger partial charge >= 0.3 is 0 Å².